The van der Waals surface area contributed by atoms with E-state index in [0.29, 0.717) is 32.1 Å². The van der Waals surface area contributed by atoms with Gasteiger partial charge in [-0.1, -0.05) is 18.2 Å². The number of hydrogen-bond acceptors (Lipinski definition) is 9. The molecule has 0 saturated carbocycles. The van der Waals surface area contributed by atoms with Crippen molar-refractivity contribution in [1.29, 1.82) is 0 Å². The molecule has 10 heteroatoms. The molecular weight excluding hydrogens is 500 g/mol. The molecule has 9 nitrogen and oxygen atoms in total. The van der Waals surface area contributed by atoms with E-state index in [4.69, 9.17) is 14.7 Å². The Labute approximate surface area is 225 Å². The first kappa shape index (κ1) is 25.1. The number of para-hydroxylation sites is 1. The summed E-state index contributed by atoms with van der Waals surface area (Å²) in [6, 6.07) is 10.2. The van der Waals surface area contributed by atoms with Gasteiger partial charge in [0.25, 0.3) is 5.91 Å². The summed E-state index contributed by atoms with van der Waals surface area (Å²) in [5.74, 6) is 1.46. The van der Waals surface area contributed by atoms with Crippen molar-refractivity contribution in [2.45, 2.75) is 26.5 Å². The number of anilines is 1. The summed E-state index contributed by atoms with van der Waals surface area (Å²) in [6.07, 6.45) is 0.916. The number of carbonyl (C=O) groups excluding carboxylic acids is 1. The lowest BCUT2D eigenvalue weighted by atomic mass is 10.1. The van der Waals surface area contributed by atoms with Gasteiger partial charge in [0, 0.05) is 67.8 Å². The first-order valence-electron chi connectivity index (χ1n) is 13.1. The van der Waals surface area contributed by atoms with Crippen LogP contribution in [-0.4, -0.2) is 94.4 Å². The second-order valence-corrected chi connectivity index (χ2v) is 11.1. The van der Waals surface area contributed by atoms with Crippen LogP contribution >= 0.6 is 11.3 Å². The van der Waals surface area contributed by atoms with Crippen molar-refractivity contribution in [2.75, 3.05) is 57.4 Å². The van der Waals surface area contributed by atoms with Crippen LogP contribution in [0.25, 0.3) is 32.5 Å². The smallest absolute Gasteiger partial charge is 0.251 e. The van der Waals surface area contributed by atoms with Gasteiger partial charge in [-0.3, -0.25) is 14.7 Å². The van der Waals surface area contributed by atoms with Crippen LogP contribution in [0.5, 0.6) is 0 Å². The highest BCUT2D eigenvalue weighted by molar-refractivity contribution is 7.19. The summed E-state index contributed by atoms with van der Waals surface area (Å²) < 4.78 is 6.73. The Morgan fingerprint density at radius 3 is 2.63 bits per heavy atom. The van der Waals surface area contributed by atoms with Crippen molar-refractivity contribution >= 4 is 44.2 Å². The zero-order chi connectivity index (χ0) is 26.2. The van der Waals surface area contributed by atoms with E-state index < -0.39 is 6.10 Å². The van der Waals surface area contributed by atoms with Gasteiger partial charge in [0.1, 0.15) is 6.10 Å². The third-order valence-electron chi connectivity index (χ3n) is 7.41. The van der Waals surface area contributed by atoms with Gasteiger partial charge in [0.15, 0.2) is 11.6 Å². The van der Waals surface area contributed by atoms with Crippen LogP contribution < -0.4 is 4.90 Å². The molecule has 1 N–H and O–H groups in total. The molecule has 0 aliphatic carbocycles. The van der Waals surface area contributed by atoms with Crippen LogP contribution in [0.3, 0.4) is 0 Å². The van der Waals surface area contributed by atoms with Gasteiger partial charge in [0.05, 0.1) is 28.9 Å². The maximum atomic E-state index is 12.2. The maximum absolute atomic E-state index is 12.2. The number of rotatable bonds is 5. The molecular formula is C28H32N6O3S. The highest BCUT2D eigenvalue weighted by atomic mass is 32.1. The van der Waals surface area contributed by atoms with Gasteiger partial charge in [-0.15, -0.1) is 11.3 Å². The molecule has 5 heterocycles. The molecule has 1 unspecified atom stereocenters. The van der Waals surface area contributed by atoms with Crippen LogP contribution in [0.2, 0.25) is 0 Å². The average molecular weight is 533 g/mol. The number of aryl methyl sites for hydroxylation is 1. The number of carbonyl (C=O) groups is 1. The van der Waals surface area contributed by atoms with Crippen LogP contribution in [0.4, 0.5) is 5.82 Å². The van der Waals surface area contributed by atoms with Crippen LogP contribution in [0.15, 0.2) is 36.5 Å². The summed E-state index contributed by atoms with van der Waals surface area (Å²) in [5, 5.41) is 10.7. The van der Waals surface area contributed by atoms with E-state index in [0.717, 1.165) is 65.2 Å². The standard InChI is InChI=1S/C28H32N6O3S/c1-18-23(17-32-7-9-34(10-8-32)28(36)19(2)35)38-25-24(18)30-26(31-27(25)33-11-13-37-14-12-33)21-15-20-5-3-4-6-22(20)29-16-21/h3-6,15-16,19,35H,7-14,17H2,1-2H3. The molecule has 38 heavy (non-hydrogen) atoms. The average Bonchev–Trinajstić information content (AvgIpc) is 3.27. The van der Waals surface area contributed by atoms with Gasteiger partial charge in [-0.25, -0.2) is 9.97 Å². The molecule has 4 aromatic rings. The normalized spacial score (nSPS) is 17.9. The van der Waals surface area contributed by atoms with Gasteiger partial charge in [-0.2, -0.15) is 0 Å². The fourth-order valence-corrected chi connectivity index (χ4v) is 6.48. The van der Waals surface area contributed by atoms with E-state index in [2.05, 4.69) is 33.8 Å². The van der Waals surface area contributed by atoms with E-state index in [1.165, 1.54) is 17.4 Å². The number of pyridine rings is 1. The van der Waals surface area contributed by atoms with Crippen molar-refractivity contribution in [3.8, 4) is 11.4 Å². The molecule has 3 aromatic heterocycles. The molecule has 0 radical (unpaired) electrons. The Morgan fingerprint density at radius 1 is 1.11 bits per heavy atom. The van der Waals surface area contributed by atoms with Gasteiger partial charge in [-0.05, 0) is 31.5 Å². The summed E-state index contributed by atoms with van der Waals surface area (Å²) in [7, 11) is 0. The number of benzene rings is 1. The first-order chi connectivity index (χ1) is 18.5. The summed E-state index contributed by atoms with van der Waals surface area (Å²) in [6.45, 7) is 10.3. The third kappa shape index (κ3) is 4.84. The number of morpholine rings is 1. The Bertz CT molecular complexity index is 1470. The second kappa shape index (κ2) is 10.5. The number of aliphatic hydroxyl groups excluding tert-OH is 1. The Morgan fingerprint density at radius 2 is 1.87 bits per heavy atom. The maximum Gasteiger partial charge on any atom is 0.251 e. The fourth-order valence-electron chi connectivity index (χ4n) is 5.18. The quantitative estimate of drug-likeness (QED) is 0.419. The molecule has 1 aromatic carbocycles. The van der Waals surface area contributed by atoms with Crippen molar-refractivity contribution in [3.63, 3.8) is 0 Å². The molecule has 6 rings (SSSR count). The molecule has 0 bridgehead atoms. The molecule has 2 saturated heterocycles. The van der Waals surface area contributed by atoms with Crippen LogP contribution in [0, 0.1) is 6.92 Å². The summed E-state index contributed by atoms with van der Waals surface area (Å²) in [5.41, 5.74) is 4.04. The molecule has 1 atom stereocenters. The number of aromatic nitrogens is 3. The van der Waals surface area contributed by atoms with E-state index in [-0.39, 0.29) is 5.91 Å². The number of nitrogens with zero attached hydrogens (tertiary/aromatic N) is 6. The largest absolute Gasteiger partial charge is 0.384 e. The number of aliphatic hydroxyl groups is 1. The van der Waals surface area contributed by atoms with Crippen molar-refractivity contribution in [2.24, 2.45) is 0 Å². The van der Waals surface area contributed by atoms with Crippen molar-refractivity contribution < 1.29 is 14.6 Å². The SMILES string of the molecule is Cc1c(CN2CCN(C(=O)C(C)O)CC2)sc2c(N3CCOCC3)nc(-c3cnc4ccccc4c3)nc12. The van der Waals surface area contributed by atoms with E-state index in [9.17, 15) is 9.90 Å². The number of ether oxygens (including phenoxy) is 1. The van der Waals surface area contributed by atoms with Crippen molar-refractivity contribution in [1.82, 2.24) is 24.8 Å². The van der Waals surface area contributed by atoms with Crippen LogP contribution in [0.1, 0.15) is 17.4 Å². The zero-order valence-electron chi connectivity index (χ0n) is 21.8. The molecule has 2 aliphatic heterocycles. The number of thiophene rings is 1. The fraction of sp³-hybridized carbons (Fsp3) is 0.429. The molecule has 198 valence electrons. The number of hydrogen-bond donors (Lipinski definition) is 1. The topological polar surface area (TPSA) is 94.9 Å². The Hall–Kier alpha value is -3.18. The highest BCUT2D eigenvalue weighted by Gasteiger charge is 2.26. The first-order valence-corrected chi connectivity index (χ1v) is 14.0. The number of amides is 1. The predicted molar refractivity (Wildman–Crippen MR) is 149 cm³/mol. The van der Waals surface area contributed by atoms with Crippen LogP contribution in [-0.2, 0) is 16.1 Å². The third-order valence-corrected chi connectivity index (χ3v) is 8.68. The second-order valence-electron chi connectivity index (χ2n) is 9.99. The van der Waals surface area contributed by atoms with Gasteiger partial charge >= 0.3 is 0 Å². The number of fused-ring (bicyclic) bond motifs is 2. The monoisotopic (exact) mass is 532 g/mol. The van der Waals surface area contributed by atoms with E-state index in [1.807, 2.05) is 24.4 Å². The predicted octanol–water partition coefficient (Wildman–Crippen LogP) is 3.08. The minimum absolute atomic E-state index is 0.191. The van der Waals surface area contributed by atoms with Gasteiger partial charge < -0.3 is 19.6 Å². The minimum Gasteiger partial charge on any atom is -0.384 e. The van der Waals surface area contributed by atoms with Crippen molar-refractivity contribution in [3.05, 3.63) is 47.0 Å². The summed E-state index contributed by atoms with van der Waals surface area (Å²) >= 11 is 1.77. The molecule has 1 amide bonds. The lowest BCUT2D eigenvalue weighted by Crippen LogP contribution is -2.50. The highest BCUT2D eigenvalue weighted by Crippen LogP contribution is 2.38. The molecule has 2 aliphatic rings. The Kier molecular flexibility index (Phi) is 6.96. The lowest BCUT2D eigenvalue weighted by Gasteiger charge is -2.35. The minimum atomic E-state index is -0.949. The van der Waals surface area contributed by atoms with Gasteiger partial charge in [0.2, 0.25) is 0 Å². The van der Waals surface area contributed by atoms with E-state index in [1.54, 1.807) is 16.2 Å². The zero-order valence-corrected chi connectivity index (χ0v) is 22.6. The van der Waals surface area contributed by atoms with E-state index >= 15 is 0 Å². The molecule has 0 spiro atoms. The Balaban J connectivity index is 1.34. The lowest BCUT2D eigenvalue weighted by molar-refractivity contribution is -0.141. The summed E-state index contributed by atoms with van der Waals surface area (Å²) in [4.78, 5) is 34.7. The number of piperazine rings is 1. The molecule has 2 fully saturated rings.